The number of para-hydroxylation sites is 2. The van der Waals surface area contributed by atoms with Gasteiger partial charge in [0.25, 0.3) is 5.91 Å². The van der Waals surface area contributed by atoms with E-state index in [2.05, 4.69) is 10.6 Å². The molecule has 118 valence electrons. The van der Waals surface area contributed by atoms with Crippen LogP contribution in [0.5, 0.6) is 5.75 Å². The fraction of sp³-hybridized carbons (Fsp3) is 0.125. The normalized spacial score (nSPS) is 16.1. The van der Waals surface area contributed by atoms with Gasteiger partial charge >= 0.3 is 0 Å². The summed E-state index contributed by atoms with van der Waals surface area (Å²) < 4.78 is 31.8. The third-order valence-corrected chi connectivity index (χ3v) is 3.28. The van der Waals surface area contributed by atoms with Gasteiger partial charge in [-0.25, -0.2) is 8.78 Å². The number of ether oxygens (including phenoxy) is 1. The predicted octanol–water partition coefficient (Wildman–Crippen LogP) is 2.69. The number of anilines is 2. The molecule has 1 aliphatic rings. The number of rotatable bonds is 3. The fourth-order valence-electron chi connectivity index (χ4n) is 2.19. The SMILES string of the molecule is O=C(C[C@@H]1Oc2ccccc2NC1=O)Nc1ccc(F)cc1F. The van der Waals surface area contributed by atoms with Crippen molar-refractivity contribution in [3.05, 3.63) is 54.1 Å². The van der Waals surface area contributed by atoms with Gasteiger partial charge in [0.15, 0.2) is 6.10 Å². The van der Waals surface area contributed by atoms with Crippen LogP contribution in [0.15, 0.2) is 42.5 Å². The fourth-order valence-corrected chi connectivity index (χ4v) is 2.19. The lowest BCUT2D eigenvalue weighted by Gasteiger charge is -2.25. The Hall–Kier alpha value is -2.96. The van der Waals surface area contributed by atoms with E-state index in [1.807, 2.05) is 0 Å². The van der Waals surface area contributed by atoms with E-state index in [0.29, 0.717) is 17.5 Å². The predicted molar refractivity (Wildman–Crippen MR) is 79.1 cm³/mol. The van der Waals surface area contributed by atoms with E-state index in [0.717, 1.165) is 12.1 Å². The second-order valence-corrected chi connectivity index (χ2v) is 4.97. The summed E-state index contributed by atoms with van der Waals surface area (Å²) in [6, 6.07) is 9.62. The molecular weight excluding hydrogens is 306 g/mol. The molecule has 3 rings (SSSR count). The lowest BCUT2D eigenvalue weighted by molar-refractivity contribution is -0.128. The summed E-state index contributed by atoms with van der Waals surface area (Å²) >= 11 is 0. The molecule has 5 nitrogen and oxygen atoms in total. The number of halogens is 2. The highest BCUT2D eigenvalue weighted by molar-refractivity contribution is 6.01. The van der Waals surface area contributed by atoms with Crippen LogP contribution in [-0.4, -0.2) is 17.9 Å². The molecule has 0 saturated heterocycles. The van der Waals surface area contributed by atoms with Crippen molar-refractivity contribution < 1.29 is 23.1 Å². The minimum atomic E-state index is -1.02. The van der Waals surface area contributed by atoms with Crippen molar-refractivity contribution in [1.29, 1.82) is 0 Å². The summed E-state index contributed by atoms with van der Waals surface area (Å²) in [5.74, 6) is -2.25. The van der Waals surface area contributed by atoms with E-state index in [4.69, 9.17) is 4.74 Å². The molecule has 1 atom stereocenters. The molecular formula is C16H12F2N2O3. The largest absolute Gasteiger partial charge is 0.478 e. The Morgan fingerprint density at radius 2 is 2.00 bits per heavy atom. The van der Waals surface area contributed by atoms with Crippen LogP contribution in [0.2, 0.25) is 0 Å². The van der Waals surface area contributed by atoms with Gasteiger partial charge in [0, 0.05) is 6.07 Å². The van der Waals surface area contributed by atoms with Crippen molar-refractivity contribution in [2.24, 2.45) is 0 Å². The zero-order valence-electron chi connectivity index (χ0n) is 11.8. The van der Waals surface area contributed by atoms with Crippen LogP contribution in [0.3, 0.4) is 0 Å². The first-order valence-corrected chi connectivity index (χ1v) is 6.84. The molecule has 7 heteroatoms. The van der Waals surface area contributed by atoms with Gasteiger partial charge in [0.1, 0.15) is 17.4 Å². The summed E-state index contributed by atoms with van der Waals surface area (Å²) in [5, 5.41) is 4.92. The number of amides is 2. The number of benzene rings is 2. The maximum Gasteiger partial charge on any atom is 0.266 e. The van der Waals surface area contributed by atoms with Crippen LogP contribution in [0, 0.1) is 11.6 Å². The molecule has 2 aromatic rings. The Morgan fingerprint density at radius 1 is 1.22 bits per heavy atom. The number of carbonyl (C=O) groups is 2. The van der Waals surface area contributed by atoms with Gasteiger partial charge < -0.3 is 15.4 Å². The van der Waals surface area contributed by atoms with Crippen molar-refractivity contribution in [3.8, 4) is 5.75 Å². The van der Waals surface area contributed by atoms with Crippen LogP contribution >= 0.6 is 0 Å². The zero-order chi connectivity index (χ0) is 16.4. The average molecular weight is 318 g/mol. The van der Waals surface area contributed by atoms with E-state index in [1.54, 1.807) is 24.3 Å². The first-order valence-electron chi connectivity index (χ1n) is 6.84. The lowest BCUT2D eigenvalue weighted by Crippen LogP contribution is -2.39. The highest BCUT2D eigenvalue weighted by Gasteiger charge is 2.29. The monoisotopic (exact) mass is 318 g/mol. The van der Waals surface area contributed by atoms with Crippen molar-refractivity contribution >= 4 is 23.2 Å². The zero-order valence-corrected chi connectivity index (χ0v) is 11.8. The number of carbonyl (C=O) groups excluding carboxylic acids is 2. The topological polar surface area (TPSA) is 67.4 Å². The molecule has 0 saturated carbocycles. The maximum absolute atomic E-state index is 13.5. The highest BCUT2D eigenvalue weighted by Crippen LogP contribution is 2.29. The summed E-state index contributed by atoms with van der Waals surface area (Å²) in [7, 11) is 0. The molecule has 0 aromatic heterocycles. The Bertz CT molecular complexity index is 780. The van der Waals surface area contributed by atoms with Crippen molar-refractivity contribution in [2.75, 3.05) is 10.6 Å². The average Bonchev–Trinajstić information content (AvgIpc) is 2.51. The molecule has 23 heavy (non-hydrogen) atoms. The molecule has 0 bridgehead atoms. The Balaban J connectivity index is 1.67. The maximum atomic E-state index is 13.5. The summed E-state index contributed by atoms with van der Waals surface area (Å²) in [5.41, 5.74) is 0.367. The Labute approximate surface area is 130 Å². The molecule has 2 amide bonds. The van der Waals surface area contributed by atoms with E-state index in [1.165, 1.54) is 0 Å². The molecule has 1 heterocycles. The van der Waals surface area contributed by atoms with Crippen LogP contribution < -0.4 is 15.4 Å². The minimum absolute atomic E-state index is 0.159. The molecule has 1 aliphatic heterocycles. The number of hydrogen-bond acceptors (Lipinski definition) is 3. The van der Waals surface area contributed by atoms with Crippen molar-refractivity contribution in [3.63, 3.8) is 0 Å². The van der Waals surface area contributed by atoms with Gasteiger partial charge in [-0.3, -0.25) is 9.59 Å². The molecule has 0 aliphatic carbocycles. The molecule has 0 radical (unpaired) electrons. The van der Waals surface area contributed by atoms with Crippen LogP contribution in [-0.2, 0) is 9.59 Å². The molecule has 0 fully saturated rings. The van der Waals surface area contributed by atoms with Gasteiger partial charge in [0.05, 0.1) is 17.8 Å². The number of nitrogens with one attached hydrogen (secondary N) is 2. The van der Waals surface area contributed by atoms with Gasteiger partial charge in [0.2, 0.25) is 5.91 Å². The van der Waals surface area contributed by atoms with E-state index >= 15 is 0 Å². The van der Waals surface area contributed by atoms with E-state index < -0.39 is 29.6 Å². The standard InChI is InChI=1S/C16H12F2N2O3/c17-9-5-6-11(10(18)7-9)19-15(21)8-14-16(22)20-12-3-1-2-4-13(12)23-14/h1-7,14H,8H2,(H,19,21)(H,20,22)/t14-/m0/s1. The third-order valence-electron chi connectivity index (χ3n) is 3.28. The minimum Gasteiger partial charge on any atom is -0.478 e. The first-order chi connectivity index (χ1) is 11.0. The smallest absolute Gasteiger partial charge is 0.266 e. The van der Waals surface area contributed by atoms with Crippen LogP contribution in [0.1, 0.15) is 6.42 Å². The first kappa shape index (κ1) is 15.0. The quantitative estimate of drug-likeness (QED) is 0.914. The van der Waals surface area contributed by atoms with E-state index in [9.17, 15) is 18.4 Å². The summed E-state index contributed by atoms with van der Waals surface area (Å²) in [6.07, 6.45) is -1.31. The Kier molecular flexibility index (Phi) is 3.92. The molecule has 0 unspecified atom stereocenters. The van der Waals surface area contributed by atoms with Crippen molar-refractivity contribution in [1.82, 2.24) is 0 Å². The summed E-state index contributed by atoms with van der Waals surface area (Å²) in [6.45, 7) is 0. The number of fused-ring (bicyclic) bond motifs is 1. The molecule has 2 aromatic carbocycles. The molecule has 0 spiro atoms. The van der Waals surface area contributed by atoms with Crippen molar-refractivity contribution in [2.45, 2.75) is 12.5 Å². The van der Waals surface area contributed by atoms with Crippen LogP contribution in [0.4, 0.5) is 20.2 Å². The van der Waals surface area contributed by atoms with Crippen LogP contribution in [0.25, 0.3) is 0 Å². The third kappa shape index (κ3) is 3.28. The van der Waals surface area contributed by atoms with Gasteiger partial charge in [-0.15, -0.1) is 0 Å². The second kappa shape index (κ2) is 6.04. The van der Waals surface area contributed by atoms with E-state index in [-0.39, 0.29) is 12.1 Å². The second-order valence-electron chi connectivity index (χ2n) is 4.97. The summed E-state index contributed by atoms with van der Waals surface area (Å²) in [4.78, 5) is 23.9. The van der Waals surface area contributed by atoms with Gasteiger partial charge in [-0.2, -0.15) is 0 Å². The van der Waals surface area contributed by atoms with Gasteiger partial charge in [-0.1, -0.05) is 12.1 Å². The Morgan fingerprint density at radius 3 is 2.78 bits per heavy atom. The lowest BCUT2D eigenvalue weighted by atomic mass is 10.1. The molecule has 2 N–H and O–H groups in total. The highest BCUT2D eigenvalue weighted by atomic mass is 19.1. The van der Waals surface area contributed by atoms with Gasteiger partial charge in [-0.05, 0) is 24.3 Å². The number of hydrogen-bond donors (Lipinski definition) is 2.